The first-order chi connectivity index (χ1) is 4.79. The summed E-state index contributed by atoms with van der Waals surface area (Å²) in [7, 11) is 0. The molecule has 0 radical (unpaired) electrons. The molecule has 2 heteroatoms. The third kappa shape index (κ3) is 0.789. The molecule has 2 aliphatic rings. The molecule has 1 saturated heterocycles. The van der Waals surface area contributed by atoms with Crippen LogP contribution in [-0.2, 0) is 4.74 Å². The Labute approximate surface area is 61.2 Å². The van der Waals surface area contributed by atoms with Gasteiger partial charge >= 0.3 is 0 Å². The first-order valence-electron chi connectivity index (χ1n) is 4.12. The summed E-state index contributed by atoms with van der Waals surface area (Å²) >= 11 is 0. The van der Waals surface area contributed by atoms with Crippen LogP contribution in [0.3, 0.4) is 0 Å². The summed E-state index contributed by atoms with van der Waals surface area (Å²) in [6.45, 7) is 1.96. The molecule has 2 nitrogen and oxygen atoms in total. The highest BCUT2D eigenvalue weighted by atomic mass is 16.5. The summed E-state index contributed by atoms with van der Waals surface area (Å²) in [4.78, 5) is 0. The van der Waals surface area contributed by atoms with Gasteiger partial charge in [0.1, 0.15) is 0 Å². The van der Waals surface area contributed by atoms with Gasteiger partial charge in [-0.25, -0.2) is 0 Å². The van der Waals surface area contributed by atoms with Crippen LogP contribution >= 0.6 is 0 Å². The van der Waals surface area contributed by atoms with E-state index < -0.39 is 0 Å². The van der Waals surface area contributed by atoms with Gasteiger partial charge in [0.15, 0.2) is 0 Å². The number of fused-ring (bicyclic) bond motifs is 1. The zero-order valence-electron chi connectivity index (χ0n) is 6.29. The fourth-order valence-corrected chi connectivity index (χ4v) is 2.22. The van der Waals surface area contributed by atoms with Crippen molar-refractivity contribution in [2.45, 2.75) is 44.5 Å². The fourth-order valence-electron chi connectivity index (χ4n) is 2.22. The smallest absolute Gasteiger partial charge is 0.0852 e. The van der Waals surface area contributed by atoms with Gasteiger partial charge in [0.25, 0.3) is 0 Å². The standard InChI is InChI=1S/C8H14O2/c1-5-8(9)6-3-2-4-7(6)10-5/h5-9H,2-4H2,1H3/t5?,6-,7+,8?/m0/s1. The molecule has 0 amide bonds. The Morgan fingerprint density at radius 1 is 1.40 bits per heavy atom. The molecule has 10 heavy (non-hydrogen) atoms. The Bertz CT molecular complexity index is 133. The summed E-state index contributed by atoms with van der Waals surface area (Å²) < 4.78 is 5.55. The van der Waals surface area contributed by atoms with E-state index in [1.54, 1.807) is 0 Å². The van der Waals surface area contributed by atoms with Gasteiger partial charge in [-0.15, -0.1) is 0 Å². The van der Waals surface area contributed by atoms with Gasteiger partial charge in [-0.2, -0.15) is 0 Å². The van der Waals surface area contributed by atoms with Gasteiger partial charge in [0, 0.05) is 5.92 Å². The predicted octanol–water partition coefficient (Wildman–Crippen LogP) is 0.935. The highest BCUT2D eigenvalue weighted by Crippen LogP contribution is 2.38. The third-order valence-electron chi connectivity index (χ3n) is 2.81. The maximum atomic E-state index is 9.54. The van der Waals surface area contributed by atoms with Crippen molar-refractivity contribution < 1.29 is 9.84 Å². The second kappa shape index (κ2) is 2.21. The summed E-state index contributed by atoms with van der Waals surface area (Å²) in [6.07, 6.45) is 3.83. The zero-order chi connectivity index (χ0) is 7.14. The Balaban J connectivity index is 2.09. The van der Waals surface area contributed by atoms with Crippen molar-refractivity contribution in [3.05, 3.63) is 0 Å². The summed E-state index contributed by atoms with van der Waals surface area (Å²) in [5.74, 6) is 0.454. The molecule has 1 N–H and O–H groups in total. The molecule has 0 aromatic heterocycles. The Hall–Kier alpha value is -0.0800. The van der Waals surface area contributed by atoms with Crippen LogP contribution in [-0.4, -0.2) is 23.4 Å². The van der Waals surface area contributed by atoms with E-state index >= 15 is 0 Å². The molecular weight excluding hydrogens is 128 g/mol. The summed E-state index contributed by atoms with van der Waals surface area (Å²) in [6, 6.07) is 0. The summed E-state index contributed by atoms with van der Waals surface area (Å²) in [5.41, 5.74) is 0. The van der Waals surface area contributed by atoms with E-state index in [1.165, 1.54) is 6.42 Å². The normalized spacial score (nSPS) is 53.4. The lowest BCUT2D eigenvalue weighted by atomic mass is 9.99. The van der Waals surface area contributed by atoms with Crippen molar-refractivity contribution in [3.8, 4) is 0 Å². The van der Waals surface area contributed by atoms with Crippen molar-refractivity contribution in [2.75, 3.05) is 0 Å². The average molecular weight is 142 g/mol. The van der Waals surface area contributed by atoms with Gasteiger partial charge in [-0.3, -0.25) is 0 Å². The molecule has 0 aromatic carbocycles. The second-order valence-electron chi connectivity index (χ2n) is 3.47. The number of hydrogen-bond donors (Lipinski definition) is 1. The quantitative estimate of drug-likeness (QED) is 0.545. The first-order valence-corrected chi connectivity index (χ1v) is 4.12. The van der Waals surface area contributed by atoms with E-state index in [1.807, 2.05) is 6.92 Å². The fraction of sp³-hybridized carbons (Fsp3) is 1.00. The van der Waals surface area contributed by atoms with Gasteiger partial charge in [-0.1, -0.05) is 6.42 Å². The number of rotatable bonds is 0. The van der Waals surface area contributed by atoms with E-state index in [0.717, 1.165) is 12.8 Å². The molecule has 1 heterocycles. The molecule has 0 spiro atoms. The van der Waals surface area contributed by atoms with E-state index in [0.29, 0.717) is 12.0 Å². The Morgan fingerprint density at radius 2 is 2.20 bits per heavy atom. The summed E-state index contributed by atoms with van der Waals surface area (Å²) in [5, 5.41) is 9.54. The number of ether oxygens (including phenoxy) is 1. The van der Waals surface area contributed by atoms with Gasteiger partial charge in [0.2, 0.25) is 0 Å². The molecule has 2 unspecified atom stereocenters. The van der Waals surface area contributed by atoms with Crippen LogP contribution in [0.15, 0.2) is 0 Å². The lowest BCUT2D eigenvalue weighted by Crippen LogP contribution is -2.23. The molecule has 2 fully saturated rings. The minimum Gasteiger partial charge on any atom is -0.390 e. The molecule has 1 aliphatic heterocycles. The van der Waals surface area contributed by atoms with Gasteiger partial charge < -0.3 is 9.84 Å². The van der Waals surface area contributed by atoms with Crippen molar-refractivity contribution in [3.63, 3.8) is 0 Å². The highest BCUT2D eigenvalue weighted by Gasteiger charge is 2.43. The molecule has 58 valence electrons. The molecule has 1 aliphatic carbocycles. The van der Waals surface area contributed by atoms with Crippen LogP contribution in [0.1, 0.15) is 26.2 Å². The van der Waals surface area contributed by atoms with Crippen molar-refractivity contribution in [2.24, 2.45) is 5.92 Å². The Kier molecular flexibility index (Phi) is 1.46. The molecule has 2 rings (SSSR count). The SMILES string of the molecule is CC1O[C@@H]2CCC[C@@H]2C1O. The van der Waals surface area contributed by atoms with Crippen LogP contribution in [0.4, 0.5) is 0 Å². The number of hydrogen-bond acceptors (Lipinski definition) is 2. The highest BCUT2D eigenvalue weighted by molar-refractivity contribution is 4.92. The Morgan fingerprint density at radius 3 is 2.90 bits per heavy atom. The number of aliphatic hydroxyl groups is 1. The van der Waals surface area contributed by atoms with Gasteiger partial charge in [0.05, 0.1) is 18.3 Å². The maximum absolute atomic E-state index is 9.54. The van der Waals surface area contributed by atoms with Crippen LogP contribution in [0.25, 0.3) is 0 Å². The molecule has 0 bridgehead atoms. The molecule has 0 aromatic rings. The molecular formula is C8H14O2. The average Bonchev–Trinajstić information content (AvgIpc) is 2.41. The number of aliphatic hydroxyl groups excluding tert-OH is 1. The van der Waals surface area contributed by atoms with Crippen molar-refractivity contribution in [1.82, 2.24) is 0 Å². The van der Waals surface area contributed by atoms with E-state index in [4.69, 9.17) is 4.74 Å². The monoisotopic (exact) mass is 142 g/mol. The van der Waals surface area contributed by atoms with Crippen molar-refractivity contribution >= 4 is 0 Å². The van der Waals surface area contributed by atoms with E-state index in [9.17, 15) is 5.11 Å². The lowest BCUT2D eigenvalue weighted by Gasteiger charge is -2.10. The lowest BCUT2D eigenvalue weighted by molar-refractivity contribution is 0.0197. The first kappa shape index (κ1) is 6.62. The molecule has 4 atom stereocenters. The van der Waals surface area contributed by atoms with Crippen LogP contribution in [0, 0.1) is 5.92 Å². The zero-order valence-corrected chi connectivity index (χ0v) is 6.29. The third-order valence-corrected chi connectivity index (χ3v) is 2.81. The van der Waals surface area contributed by atoms with E-state index in [-0.39, 0.29) is 12.2 Å². The minimum absolute atomic E-state index is 0.0790. The van der Waals surface area contributed by atoms with E-state index in [2.05, 4.69) is 0 Å². The van der Waals surface area contributed by atoms with Crippen LogP contribution in [0.2, 0.25) is 0 Å². The van der Waals surface area contributed by atoms with Gasteiger partial charge in [-0.05, 0) is 19.8 Å². The largest absolute Gasteiger partial charge is 0.390 e. The topological polar surface area (TPSA) is 29.5 Å². The van der Waals surface area contributed by atoms with Crippen LogP contribution < -0.4 is 0 Å². The van der Waals surface area contributed by atoms with Crippen LogP contribution in [0.5, 0.6) is 0 Å². The molecule has 1 saturated carbocycles. The predicted molar refractivity (Wildman–Crippen MR) is 37.7 cm³/mol. The van der Waals surface area contributed by atoms with Crippen molar-refractivity contribution in [1.29, 1.82) is 0 Å². The minimum atomic E-state index is -0.188. The maximum Gasteiger partial charge on any atom is 0.0852 e. The second-order valence-corrected chi connectivity index (χ2v) is 3.47.